The molecule has 0 aliphatic heterocycles. The summed E-state index contributed by atoms with van der Waals surface area (Å²) in [7, 11) is 0. The monoisotopic (exact) mass is 277 g/mol. The Morgan fingerprint density at radius 2 is 2.16 bits per heavy atom. The minimum absolute atomic E-state index is 0.145. The van der Waals surface area contributed by atoms with E-state index in [9.17, 15) is 4.39 Å². The van der Waals surface area contributed by atoms with E-state index in [0.717, 1.165) is 30.5 Å². The van der Waals surface area contributed by atoms with Crippen LogP contribution in [0.5, 0.6) is 0 Å². The predicted molar refractivity (Wildman–Crippen MR) is 80.2 cm³/mol. The fraction of sp³-hybridized carbons (Fsp3) is 0.375. The van der Waals surface area contributed by atoms with Crippen LogP contribution in [0.4, 0.5) is 4.39 Å². The molecule has 1 N–H and O–H groups in total. The first-order valence-electron chi connectivity index (χ1n) is 6.70. The lowest BCUT2D eigenvalue weighted by Crippen LogP contribution is -2.21. The molecule has 0 radical (unpaired) electrons. The number of nitrogens with one attached hydrogen (secondary N) is 1. The summed E-state index contributed by atoms with van der Waals surface area (Å²) in [6.45, 7) is 4.92. The topological polar surface area (TPSA) is 12.0 Å². The SMILES string of the molecule is CCNC(CCc1ccsc1)c1cc(C)cc(F)c1. The lowest BCUT2D eigenvalue weighted by atomic mass is 9.98. The summed E-state index contributed by atoms with van der Waals surface area (Å²) in [5.74, 6) is -0.145. The second kappa shape index (κ2) is 6.83. The highest BCUT2D eigenvalue weighted by Crippen LogP contribution is 2.22. The molecule has 0 saturated carbocycles. The van der Waals surface area contributed by atoms with Crippen LogP contribution in [0.3, 0.4) is 0 Å². The van der Waals surface area contributed by atoms with Gasteiger partial charge in [-0.2, -0.15) is 11.3 Å². The first kappa shape index (κ1) is 14.2. The fourth-order valence-electron chi connectivity index (χ4n) is 2.34. The van der Waals surface area contributed by atoms with Gasteiger partial charge in [-0.1, -0.05) is 13.0 Å². The molecule has 0 aliphatic rings. The van der Waals surface area contributed by atoms with Crippen molar-refractivity contribution in [3.05, 3.63) is 57.5 Å². The van der Waals surface area contributed by atoms with E-state index in [4.69, 9.17) is 0 Å². The third kappa shape index (κ3) is 4.15. The van der Waals surface area contributed by atoms with Gasteiger partial charge in [-0.05, 0) is 72.0 Å². The maximum Gasteiger partial charge on any atom is 0.123 e. The van der Waals surface area contributed by atoms with E-state index in [-0.39, 0.29) is 11.9 Å². The van der Waals surface area contributed by atoms with Crippen molar-refractivity contribution < 1.29 is 4.39 Å². The van der Waals surface area contributed by atoms with E-state index in [1.54, 1.807) is 23.5 Å². The maximum atomic E-state index is 13.5. The van der Waals surface area contributed by atoms with Gasteiger partial charge >= 0.3 is 0 Å². The van der Waals surface area contributed by atoms with Crippen LogP contribution in [-0.2, 0) is 6.42 Å². The van der Waals surface area contributed by atoms with Crippen LogP contribution in [0, 0.1) is 12.7 Å². The Kier molecular flexibility index (Phi) is 5.11. The van der Waals surface area contributed by atoms with Gasteiger partial charge in [-0.3, -0.25) is 0 Å². The molecule has 1 atom stereocenters. The second-order valence-electron chi connectivity index (χ2n) is 4.84. The molecular formula is C16H20FNS. The number of hydrogen-bond donors (Lipinski definition) is 1. The minimum atomic E-state index is -0.145. The lowest BCUT2D eigenvalue weighted by molar-refractivity contribution is 0.511. The van der Waals surface area contributed by atoms with Gasteiger partial charge in [-0.15, -0.1) is 0 Å². The second-order valence-corrected chi connectivity index (χ2v) is 5.62. The van der Waals surface area contributed by atoms with Crippen molar-refractivity contribution in [3.8, 4) is 0 Å². The molecule has 0 fully saturated rings. The van der Waals surface area contributed by atoms with Crippen molar-refractivity contribution in [2.45, 2.75) is 32.7 Å². The standard InChI is InChI=1S/C16H20FNS/c1-3-18-16(5-4-13-6-7-19-11-13)14-8-12(2)9-15(17)10-14/h6-11,16,18H,3-5H2,1-2H3. The molecule has 1 aromatic carbocycles. The first-order valence-corrected chi connectivity index (χ1v) is 7.65. The molecule has 0 spiro atoms. The first-order chi connectivity index (χ1) is 9.19. The highest BCUT2D eigenvalue weighted by molar-refractivity contribution is 7.07. The smallest absolute Gasteiger partial charge is 0.123 e. The van der Waals surface area contributed by atoms with E-state index in [1.165, 1.54) is 5.56 Å². The quantitative estimate of drug-likeness (QED) is 0.821. The van der Waals surface area contributed by atoms with Gasteiger partial charge in [0.25, 0.3) is 0 Å². The zero-order chi connectivity index (χ0) is 13.7. The van der Waals surface area contributed by atoms with Gasteiger partial charge in [0.15, 0.2) is 0 Å². The van der Waals surface area contributed by atoms with E-state index in [1.807, 2.05) is 6.92 Å². The molecule has 3 heteroatoms. The van der Waals surface area contributed by atoms with Gasteiger partial charge < -0.3 is 5.32 Å². The highest BCUT2D eigenvalue weighted by Gasteiger charge is 2.12. The maximum absolute atomic E-state index is 13.5. The van der Waals surface area contributed by atoms with Crippen LogP contribution in [-0.4, -0.2) is 6.54 Å². The molecule has 0 bridgehead atoms. The van der Waals surface area contributed by atoms with E-state index in [2.05, 4.69) is 35.1 Å². The molecule has 1 nitrogen and oxygen atoms in total. The van der Waals surface area contributed by atoms with Crippen molar-refractivity contribution in [1.29, 1.82) is 0 Å². The molecule has 19 heavy (non-hydrogen) atoms. The average Bonchev–Trinajstić information content (AvgIpc) is 2.86. The van der Waals surface area contributed by atoms with Crippen LogP contribution >= 0.6 is 11.3 Å². The summed E-state index contributed by atoms with van der Waals surface area (Å²) in [6.07, 6.45) is 2.02. The molecular weight excluding hydrogens is 257 g/mol. The third-order valence-corrected chi connectivity index (χ3v) is 3.95. The van der Waals surface area contributed by atoms with E-state index in [0.29, 0.717) is 0 Å². The lowest BCUT2D eigenvalue weighted by Gasteiger charge is -2.19. The molecule has 1 unspecified atom stereocenters. The number of aryl methyl sites for hydroxylation is 2. The number of rotatable bonds is 6. The Morgan fingerprint density at radius 1 is 1.32 bits per heavy atom. The van der Waals surface area contributed by atoms with Crippen molar-refractivity contribution in [2.75, 3.05) is 6.54 Å². The normalized spacial score (nSPS) is 12.6. The predicted octanol–water partition coefficient (Wildman–Crippen LogP) is 4.48. The van der Waals surface area contributed by atoms with Crippen molar-refractivity contribution in [2.24, 2.45) is 0 Å². The van der Waals surface area contributed by atoms with E-state index >= 15 is 0 Å². The fourth-order valence-corrected chi connectivity index (χ4v) is 3.05. The molecule has 102 valence electrons. The Balaban J connectivity index is 2.09. The summed E-state index contributed by atoms with van der Waals surface area (Å²) >= 11 is 1.72. The van der Waals surface area contributed by atoms with Crippen LogP contribution in [0.15, 0.2) is 35.0 Å². The summed E-state index contributed by atoms with van der Waals surface area (Å²) < 4.78 is 13.5. The van der Waals surface area contributed by atoms with Gasteiger partial charge in [0.05, 0.1) is 0 Å². The molecule has 0 saturated heterocycles. The molecule has 0 amide bonds. The number of benzene rings is 1. The molecule has 0 aliphatic carbocycles. The minimum Gasteiger partial charge on any atom is -0.310 e. The number of halogens is 1. The Labute approximate surface area is 118 Å². The van der Waals surface area contributed by atoms with Crippen LogP contribution in [0.25, 0.3) is 0 Å². The van der Waals surface area contributed by atoms with Crippen LogP contribution in [0.2, 0.25) is 0 Å². The zero-order valence-corrected chi connectivity index (χ0v) is 12.3. The third-order valence-electron chi connectivity index (χ3n) is 3.22. The molecule has 1 heterocycles. The van der Waals surface area contributed by atoms with Crippen molar-refractivity contribution in [3.63, 3.8) is 0 Å². The molecule has 2 aromatic rings. The summed E-state index contributed by atoms with van der Waals surface area (Å²) in [5, 5.41) is 7.73. The number of thiophene rings is 1. The van der Waals surface area contributed by atoms with Gasteiger partial charge in [0, 0.05) is 6.04 Å². The van der Waals surface area contributed by atoms with Gasteiger partial charge in [-0.25, -0.2) is 4.39 Å². The van der Waals surface area contributed by atoms with E-state index < -0.39 is 0 Å². The summed E-state index contributed by atoms with van der Waals surface area (Å²) in [5.41, 5.74) is 3.39. The van der Waals surface area contributed by atoms with Crippen molar-refractivity contribution in [1.82, 2.24) is 5.32 Å². The van der Waals surface area contributed by atoms with Crippen LogP contribution < -0.4 is 5.32 Å². The average molecular weight is 277 g/mol. The Morgan fingerprint density at radius 3 is 2.79 bits per heavy atom. The number of hydrogen-bond acceptors (Lipinski definition) is 2. The summed E-state index contributed by atoms with van der Waals surface area (Å²) in [4.78, 5) is 0. The van der Waals surface area contributed by atoms with Gasteiger partial charge in [0.2, 0.25) is 0 Å². The Hall–Kier alpha value is -1.19. The molecule has 2 rings (SSSR count). The Bertz CT molecular complexity index is 487. The van der Waals surface area contributed by atoms with Crippen LogP contribution in [0.1, 0.15) is 36.1 Å². The zero-order valence-electron chi connectivity index (χ0n) is 11.4. The highest BCUT2D eigenvalue weighted by atomic mass is 32.1. The largest absolute Gasteiger partial charge is 0.310 e. The molecule has 1 aromatic heterocycles. The van der Waals surface area contributed by atoms with Crippen molar-refractivity contribution >= 4 is 11.3 Å². The summed E-state index contributed by atoms with van der Waals surface area (Å²) in [6, 6.07) is 7.67. The van der Waals surface area contributed by atoms with Gasteiger partial charge in [0.1, 0.15) is 5.82 Å².